The molecule has 0 spiro atoms. The normalized spacial score (nSPS) is 9.62. The van der Waals surface area contributed by atoms with Gasteiger partial charge in [-0.15, -0.1) is 12.6 Å². The topological polar surface area (TPSA) is 50.1 Å². The number of nitrogens with zero attached hydrogens (tertiary/aromatic N) is 1. The van der Waals surface area contributed by atoms with Gasteiger partial charge in [0.05, 0.1) is 13.0 Å². The molecule has 0 atom stereocenters. The lowest BCUT2D eigenvalue weighted by molar-refractivity contribution is -0.142. The molecular weight excluding hydrogens is 229 g/mol. The van der Waals surface area contributed by atoms with Crippen LogP contribution in [0.5, 0.6) is 0 Å². The van der Waals surface area contributed by atoms with E-state index in [4.69, 9.17) is 10.00 Å². The van der Waals surface area contributed by atoms with Crippen molar-refractivity contribution in [3.05, 3.63) is 29.1 Å². The van der Waals surface area contributed by atoms with E-state index in [0.29, 0.717) is 5.56 Å². The molecule has 1 rings (SSSR count). The van der Waals surface area contributed by atoms with Crippen molar-refractivity contribution in [1.29, 1.82) is 5.26 Å². The second-order valence-corrected chi connectivity index (χ2v) is 3.55. The molecule has 0 radical (unpaired) electrons. The Morgan fingerprint density at radius 2 is 2.31 bits per heavy atom. The highest BCUT2D eigenvalue weighted by molar-refractivity contribution is 7.80. The fourth-order valence-electron chi connectivity index (χ4n) is 1.24. The molecule has 0 unspecified atom stereocenters. The summed E-state index contributed by atoms with van der Waals surface area (Å²) in [5.74, 6) is -1.10. The number of hydrogen-bond acceptors (Lipinski definition) is 4. The molecular formula is C11H10FNO2S. The number of hydrogen-bond donors (Lipinski definition) is 1. The quantitative estimate of drug-likeness (QED) is 0.649. The summed E-state index contributed by atoms with van der Waals surface area (Å²) in [6, 6.07) is 4.34. The highest BCUT2D eigenvalue weighted by atomic mass is 32.1. The average Bonchev–Trinajstić information content (AvgIpc) is 2.17. The first-order valence-corrected chi connectivity index (χ1v) is 5.10. The van der Waals surface area contributed by atoms with Crippen molar-refractivity contribution < 1.29 is 13.9 Å². The first-order chi connectivity index (χ1) is 7.58. The van der Waals surface area contributed by atoms with Crippen LogP contribution in [-0.2, 0) is 16.0 Å². The van der Waals surface area contributed by atoms with Crippen molar-refractivity contribution in [3.8, 4) is 6.07 Å². The zero-order valence-corrected chi connectivity index (χ0v) is 9.55. The Labute approximate surface area is 98.2 Å². The molecule has 3 nitrogen and oxygen atoms in total. The van der Waals surface area contributed by atoms with E-state index in [1.54, 1.807) is 13.0 Å². The Kier molecular flexibility index (Phi) is 4.32. The average molecular weight is 239 g/mol. The molecule has 5 heteroatoms. The van der Waals surface area contributed by atoms with Gasteiger partial charge < -0.3 is 4.74 Å². The minimum atomic E-state index is -0.672. The minimum absolute atomic E-state index is 0.0238. The molecule has 0 aliphatic carbocycles. The van der Waals surface area contributed by atoms with Gasteiger partial charge in [-0.3, -0.25) is 4.79 Å². The molecule has 0 heterocycles. The Morgan fingerprint density at radius 3 is 2.81 bits per heavy atom. The molecule has 0 aliphatic heterocycles. The van der Waals surface area contributed by atoms with Crippen LogP contribution in [0, 0.1) is 17.1 Å². The second-order valence-electron chi connectivity index (χ2n) is 3.07. The summed E-state index contributed by atoms with van der Waals surface area (Å²) in [5, 5.41) is 8.63. The number of benzene rings is 1. The first-order valence-electron chi connectivity index (χ1n) is 4.65. The van der Waals surface area contributed by atoms with Crippen LogP contribution in [0.3, 0.4) is 0 Å². The molecule has 1 aromatic rings. The van der Waals surface area contributed by atoms with Crippen LogP contribution in [0.2, 0.25) is 0 Å². The monoisotopic (exact) mass is 239 g/mol. The van der Waals surface area contributed by atoms with E-state index in [2.05, 4.69) is 12.6 Å². The summed E-state index contributed by atoms with van der Waals surface area (Å²) in [7, 11) is 0. The zero-order valence-electron chi connectivity index (χ0n) is 8.66. The molecule has 0 N–H and O–H groups in total. The largest absolute Gasteiger partial charge is 0.466 e. The Hall–Kier alpha value is -1.54. The van der Waals surface area contributed by atoms with Gasteiger partial charge in [0, 0.05) is 4.90 Å². The van der Waals surface area contributed by atoms with Gasteiger partial charge in [0.15, 0.2) is 0 Å². The lowest BCUT2D eigenvalue weighted by Gasteiger charge is -2.04. The van der Waals surface area contributed by atoms with Gasteiger partial charge in [-0.25, -0.2) is 4.39 Å². The number of halogens is 1. The van der Waals surface area contributed by atoms with Crippen LogP contribution < -0.4 is 0 Å². The minimum Gasteiger partial charge on any atom is -0.466 e. The van der Waals surface area contributed by atoms with Gasteiger partial charge in [-0.2, -0.15) is 5.26 Å². The maximum atomic E-state index is 13.3. The van der Waals surface area contributed by atoms with Crippen molar-refractivity contribution in [1.82, 2.24) is 0 Å². The first kappa shape index (κ1) is 12.5. The van der Waals surface area contributed by atoms with Crippen molar-refractivity contribution in [3.63, 3.8) is 0 Å². The van der Waals surface area contributed by atoms with Gasteiger partial charge in [0.2, 0.25) is 0 Å². The molecule has 1 aromatic carbocycles. The zero-order chi connectivity index (χ0) is 12.1. The summed E-state index contributed by atoms with van der Waals surface area (Å²) in [6.07, 6.45) is -0.0238. The maximum absolute atomic E-state index is 13.3. The Balaban J connectivity index is 2.93. The molecule has 0 amide bonds. The fraction of sp³-hybridized carbons (Fsp3) is 0.273. The fourth-order valence-corrected chi connectivity index (χ4v) is 1.56. The molecule has 16 heavy (non-hydrogen) atoms. The molecule has 0 fully saturated rings. The van der Waals surface area contributed by atoms with Gasteiger partial charge in [-0.05, 0) is 24.6 Å². The van der Waals surface area contributed by atoms with Gasteiger partial charge in [0.25, 0.3) is 0 Å². The van der Waals surface area contributed by atoms with Gasteiger partial charge in [0.1, 0.15) is 17.4 Å². The summed E-state index contributed by atoms with van der Waals surface area (Å²) < 4.78 is 18.1. The van der Waals surface area contributed by atoms with Crippen LogP contribution in [-0.4, -0.2) is 12.6 Å². The third-order valence-electron chi connectivity index (χ3n) is 1.89. The summed E-state index contributed by atoms with van der Waals surface area (Å²) in [6.45, 7) is 1.98. The summed E-state index contributed by atoms with van der Waals surface area (Å²) >= 11 is 3.98. The molecule has 84 valence electrons. The number of rotatable bonds is 3. The van der Waals surface area contributed by atoms with E-state index in [0.717, 1.165) is 6.07 Å². The van der Waals surface area contributed by atoms with Crippen LogP contribution in [0.15, 0.2) is 17.0 Å². The molecule has 0 aliphatic rings. The van der Waals surface area contributed by atoms with Crippen molar-refractivity contribution in [2.24, 2.45) is 0 Å². The third-order valence-corrected chi connectivity index (χ3v) is 2.25. The Bertz CT molecular complexity index is 431. The molecule has 0 aromatic heterocycles. The number of esters is 1. The summed E-state index contributed by atoms with van der Waals surface area (Å²) in [4.78, 5) is 11.4. The van der Waals surface area contributed by atoms with E-state index in [9.17, 15) is 9.18 Å². The number of carbonyl (C=O) groups excluding carboxylic acids is 1. The van der Waals surface area contributed by atoms with E-state index < -0.39 is 11.8 Å². The number of ether oxygens (including phenoxy) is 1. The van der Waals surface area contributed by atoms with Crippen LogP contribution in [0.4, 0.5) is 4.39 Å². The predicted octanol–water partition coefficient (Wildman–Crippen LogP) is 2.09. The number of carbonyl (C=O) groups is 1. The van der Waals surface area contributed by atoms with E-state index in [-0.39, 0.29) is 23.5 Å². The van der Waals surface area contributed by atoms with Gasteiger partial charge in [-0.1, -0.05) is 0 Å². The smallest absolute Gasteiger partial charge is 0.310 e. The third kappa shape index (κ3) is 2.97. The molecule has 0 bridgehead atoms. The van der Waals surface area contributed by atoms with E-state index >= 15 is 0 Å². The van der Waals surface area contributed by atoms with Crippen molar-refractivity contribution >= 4 is 18.6 Å². The maximum Gasteiger partial charge on any atom is 0.310 e. The van der Waals surface area contributed by atoms with Crippen molar-refractivity contribution in [2.75, 3.05) is 6.61 Å². The standard InChI is InChI=1S/C11H10FNO2S/c1-2-15-11(14)5-7-3-9(12)8(6-13)10(16)4-7/h3-4,16H,2,5H2,1H3. The van der Waals surface area contributed by atoms with E-state index in [1.807, 2.05) is 0 Å². The lowest BCUT2D eigenvalue weighted by atomic mass is 10.1. The number of nitriles is 1. The molecule has 0 saturated carbocycles. The predicted molar refractivity (Wildman–Crippen MR) is 58.7 cm³/mol. The number of thiol groups is 1. The summed E-state index contributed by atoms with van der Waals surface area (Å²) in [5.41, 5.74) is 0.330. The van der Waals surface area contributed by atoms with Gasteiger partial charge >= 0.3 is 5.97 Å². The van der Waals surface area contributed by atoms with Crippen LogP contribution in [0.1, 0.15) is 18.1 Å². The molecule has 0 saturated heterocycles. The lowest BCUT2D eigenvalue weighted by Crippen LogP contribution is -2.08. The Morgan fingerprint density at radius 1 is 1.62 bits per heavy atom. The SMILES string of the molecule is CCOC(=O)Cc1cc(F)c(C#N)c(S)c1. The van der Waals surface area contributed by atoms with Crippen LogP contribution >= 0.6 is 12.6 Å². The highest BCUT2D eigenvalue weighted by Crippen LogP contribution is 2.19. The van der Waals surface area contributed by atoms with Crippen LogP contribution in [0.25, 0.3) is 0 Å². The van der Waals surface area contributed by atoms with E-state index in [1.165, 1.54) is 6.07 Å². The second kappa shape index (κ2) is 5.52. The highest BCUT2D eigenvalue weighted by Gasteiger charge is 2.11. The van der Waals surface area contributed by atoms with Crippen molar-refractivity contribution in [2.45, 2.75) is 18.2 Å².